The summed E-state index contributed by atoms with van der Waals surface area (Å²) in [5.41, 5.74) is 7.47. The Morgan fingerprint density at radius 1 is 1.10 bits per heavy atom. The molecule has 0 unspecified atom stereocenters. The molecule has 1 aromatic rings. The zero-order valence-electron chi connectivity index (χ0n) is 13.7. The van der Waals surface area contributed by atoms with E-state index < -0.39 is 0 Å². The molecule has 0 heterocycles. The molecule has 0 radical (unpaired) electrons. The van der Waals surface area contributed by atoms with Crippen molar-refractivity contribution < 1.29 is 0 Å². The van der Waals surface area contributed by atoms with Crippen molar-refractivity contribution in [1.29, 1.82) is 0 Å². The van der Waals surface area contributed by atoms with Gasteiger partial charge in [0.1, 0.15) is 0 Å². The van der Waals surface area contributed by atoms with Gasteiger partial charge >= 0.3 is 0 Å². The molecule has 1 aromatic carbocycles. The van der Waals surface area contributed by atoms with E-state index >= 15 is 0 Å². The first-order chi connectivity index (χ1) is 9.44. The fourth-order valence-corrected chi connectivity index (χ4v) is 2.61. The van der Waals surface area contributed by atoms with Crippen LogP contribution in [0, 0.1) is 5.41 Å². The van der Waals surface area contributed by atoms with Crippen LogP contribution in [0.3, 0.4) is 0 Å². The Balaban J connectivity index is 2.44. The molecule has 0 atom stereocenters. The number of nitrogens with zero attached hydrogens (tertiary/aromatic N) is 1. The Hall–Kier alpha value is -0.860. The minimum absolute atomic E-state index is 0.379. The van der Waals surface area contributed by atoms with Gasteiger partial charge in [0.2, 0.25) is 0 Å². The second-order valence-electron chi connectivity index (χ2n) is 6.86. The molecule has 0 saturated carbocycles. The lowest BCUT2D eigenvalue weighted by Gasteiger charge is -2.29. The number of hydrogen-bond donors (Lipinski definition) is 1. The average Bonchev–Trinajstić information content (AvgIpc) is 2.38. The van der Waals surface area contributed by atoms with Crippen LogP contribution < -0.4 is 5.73 Å². The quantitative estimate of drug-likeness (QED) is 0.737. The lowest BCUT2D eigenvalue weighted by molar-refractivity contribution is 0.191. The first-order valence-corrected chi connectivity index (χ1v) is 7.92. The van der Waals surface area contributed by atoms with Gasteiger partial charge in [0.25, 0.3) is 0 Å². The smallest absolute Gasteiger partial charge is 0.0236 e. The van der Waals surface area contributed by atoms with E-state index in [0.717, 1.165) is 19.5 Å². The van der Waals surface area contributed by atoms with Crippen LogP contribution in [-0.2, 0) is 6.54 Å². The molecule has 2 nitrogen and oxygen atoms in total. The van der Waals surface area contributed by atoms with Crippen LogP contribution in [0.4, 0.5) is 0 Å². The molecule has 114 valence electrons. The van der Waals surface area contributed by atoms with Gasteiger partial charge in [-0.05, 0) is 57.2 Å². The summed E-state index contributed by atoms with van der Waals surface area (Å²) in [5, 5.41) is 0. The van der Waals surface area contributed by atoms with E-state index in [1.54, 1.807) is 0 Å². The monoisotopic (exact) mass is 276 g/mol. The van der Waals surface area contributed by atoms with Gasteiger partial charge in [0, 0.05) is 12.6 Å². The highest BCUT2D eigenvalue weighted by molar-refractivity contribution is 5.14. The average molecular weight is 276 g/mol. The van der Waals surface area contributed by atoms with Gasteiger partial charge in [-0.25, -0.2) is 0 Å². The predicted octanol–water partition coefficient (Wildman–Crippen LogP) is 4.05. The molecule has 1 rings (SSSR count). The minimum atomic E-state index is 0.379. The summed E-state index contributed by atoms with van der Waals surface area (Å²) in [6.45, 7) is 12.2. The Bertz CT molecular complexity index is 357. The molecule has 0 aromatic heterocycles. The molecular formula is C18H32N2. The number of nitrogens with two attached hydrogens (primary N) is 1. The van der Waals surface area contributed by atoms with Gasteiger partial charge in [0.15, 0.2) is 0 Å². The topological polar surface area (TPSA) is 29.3 Å². The number of hydrogen-bond acceptors (Lipinski definition) is 2. The van der Waals surface area contributed by atoms with Crippen molar-refractivity contribution in [2.75, 3.05) is 13.1 Å². The van der Waals surface area contributed by atoms with Crippen LogP contribution in [0.15, 0.2) is 30.3 Å². The summed E-state index contributed by atoms with van der Waals surface area (Å²) in [5.74, 6) is 0. The van der Waals surface area contributed by atoms with E-state index in [0.29, 0.717) is 11.5 Å². The first-order valence-electron chi connectivity index (χ1n) is 7.92. The van der Waals surface area contributed by atoms with Gasteiger partial charge in [-0.3, -0.25) is 4.90 Å². The third kappa shape index (κ3) is 6.53. The van der Waals surface area contributed by atoms with Gasteiger partial charge in [-0.2, -0.15) is 0 Å². The Kier molecular flexibility index (Phi) is 7.25. The highest BCUT2D eigenvalue weighted by Crippen LogP contribution is 2.26. The lowest BCUT2D eigenvalue weighted by Crippen LogP contribution is -2.32. The molecule has 0 fully saturated rings. The zero-order chi connectivity index (χ0) is 15.0. The van der Waals surface area contributed by atoms with Gasteiger partial charge in [-0.15, -0.1) is 0 Å². The van der Waals surface area contributed by atoms with Gasteiger partial charge in [0.05, 0.1) is 0 Å². The molecule has 0 aliphatic rings. The molecule has 20 heavy (non-hydrogen) atoms. The van der Waals surface area contributed by atoms with E-state index in [1.807, 2.05) is 0 Å². The fourth-order valence-electron chi connectivity index (χ4n) is 2.61. The highest BCUT2D eigenvalue weighted by atomic mass is 15.1. The Morgan fingerprint density at radius 2 is 1.75 bits per heavy atom. The molecule has 0 bridgehead atoms. The highest BCUT2D eigenvalue weighted by Gasteiger charge is 2.17. The summed E-state index contributed by atoms with van der Waals surface area (Å²) in [7, 11) is 0. The Morgan fingerprint density at radius 3 is 2.30 bits per heavy atom. The van der Waals surface area contributed by atoms with Gasteiger partial charge < -0.3 is 5.73 Å². The normalized spacial score (nSPS) is 12.3. The zero-order valence-corrected chi connectivity index (χ0v) is 13.7. The summed E-state index contributed by atoms with van der Waals surface area (Å²) in [4.78, 5) is 2.56. The molecule has 0 amide bonds. The van der Waals surface area contributed by atoms with Crippen molar-refractivity contribution in [3.63, 3.8) is 0 Å². The van der Waals surface area contributed by atoms with E-state index in [-0.39, 0.29) is 0 Å². The van der Waals surface area contributed by atoms with E-state index in [1.165, 1.54) is 24.9 Å². The fraction of sp³-hybridized carbons (Fsp3) is 0.667. The van der Waals surface area contributed by atoms with Crippen LogP contribution >= 0.6 is 0 Å². The standard InChI is InChI=1S/C18H32N2/c1-16(2)20(15-17-9-6-5-7-10-17)14-8-11-18(3,4)12-13-19/h5-7,9-10,16H,8,11-15,19H2,1-4H3. The van der Waals surface area contributed by atoms with E-state index in [9.17, 15) is 0 Å². The van der Waals surface area contributed by atoms with Crippen LogP contribution in [0.1, 0.15) is 52.5 Å². The lowest BCUT2D eigenvalue weighted by atomic mass is 9.84. The third-order valence-corrected chi connectivity index (χ3v) is 4.08. The van der Waals surface area contributed by atoms with Crippen molar-refractivity contribution in [1.82, 2.24) is 4.90 Å². The second kappa shape index (κ2) is 8.43. The van der Waals surface area contributed by atoms with Crippen LogP contribution in [0.5, 0.6) is 0 Å². The maximum Gasteiger partial charge on any atom is 0.0236 e. The van der Waals surface area contributed by atoms with E-state index in [4.69, 9.17) is 5.73 Å². The van der Waals surface area contributed by atoms with Gasteiger partial charge in [-0.1, -0.05) is 44.2 Å². The van der Waals surface area contributed by atoms with Crippen LogP contribution in [0.2, 0.25) is 0 Å². The summed E-state index contributed by atoms with van der Waals surface area (Å²) < 4.78 is 0. The summed E-state index contributed by atoms with van der Waals surface area (Å²) >= 11 is 0. The van der Waals surface area contributed by atoms with Crippen molar-refractivity contribution in [2.24, 2.45) is 11.1 Å². The van der Waals surface area contributed by atoms with Crippen LogP contribution in [0.25, 0.3) is 0 Å². The molecule has 0 aliphatic heterocycles. The van der Waals surface area contributed by atoms with Crippen LogP contribution in [-0.4, -0.2) is 24.0 Å². The van der Waals surface area contributed by atoms with Crippen molar-refractivity contribution in [3.8, 4) is 0 Å². The maximum atomic E-state index is 5.69. The first kappa shape index (κ1) is 17.2. The second-order valence-corrected chi connectivity index (χ2v) is 6.86. The Labute approximate surface area is 125 Å². The van der Waals surface area contributed by atoms with Crippen molar-refractivity contribution in [3.05, 3.63) is 35.9 Å². The molecule has 2 N–H and O–H groups in total. The molecule has 2 heteroatoms. The van der Waals surface area contributed by atoms with E-state index in [2.05, 4.69) is 62.9 Å². The minimum Gasteiger partial charge on any atom is -0.330 e. The molecule has 0 aliphatic carbocycles. The number of rotatable bonds is 9. The molecular weight excluding hydrogens is 244 g/mol. The van der Waals surface area contributed by atoms with Crippen molar-refractivity contribution in [2.45, 2.75) is 59.5 Å². The largest absolute Gasteiger partial charge is 0.330 e. The third-order valence-electron chi connectivity index (χ3n) is 4.08. The maximum absolute atomic E-state index is 5.69. The summed E-state index contributed by atoms with van der Waals surface area (Å²) in [6.07, 6.45) is 3.62. The SMILES string of the molecule is CC(C)N(CCCC(C)(C)CCN)Cc1ccccc1. The number of benzene rings is 1. The molecule has 0 saturated heterocycles. The summed E-state index contributed by atoms with van der Waals surface area (Å²) in [6, 6.07) is 11.4. The predicted molar refractivity (Wildman–Crippen MR) is 88.7 cm³/mol. The van der Waals surface area contributed by atoms with Crippen molar-refractivity contribution >= 4 is 0 Å². The molecule has 0 spiro atoms.